The third-order valence-corrected chi connectivity index (χ3v) is 7.07. The highest BCUT2D eigenvalue weighted by molar-refractivity contribution is 7.92. The molecule has 0 unspecified atom stereocenters. The van der Waals surface area contributed by atoms with Gasteiger partial charge in [0.1, 0.15) is 10.7 Å². The van der Waals surface area contributed by atoms with E-state index >= 15 is 0 Å². The Morgan fingerprint density at radius 2 is 1.74 bits per heavy atom. The van der Waals surface area contributed by atoms with Gasteiger partial charge in [-0.2, -0.15) is 18.0 Å². The maximum Gasteiger partial charge on any atom is 0.416 e. The molecule has 35 heavy (non-hydrogen) atoms. The second kappa shape index (κ2) is 9.44. The van der Waals surface area contributed by atoms with Crippen molar-refractivity contribution in [1.82, 2.24) is 20.2 Å². The number of benzene rings is 3. The predicted octanol–water partition coefficient (Wildman–Crippen LogP) is 5.65. The highest BCUT2D eigenvalue weighted by Gasteiger charge is 2.32. The molecule has 0 spiro atoms. The van der Waals surface area contributed by atoms with E-state index in [1.165, 1.54) is 30.3 Å². The van der Waals surface area contributed by atoms with Crippen LogP contribution in [0.2, 0.25) is 10.0 Å². The molecule has 0 aliphatic heterocycles. The lowest BCUT2D eigenvalue weighted by molar-refractivity contribution is -0.137. The van der Waals surface area contributed by atoms with Gasteiger partial charge >= 0.3 is 6.18 Å². The molecule has 4 rings (SSSR count). The van der Waals surface area contributed by atoms with Crippen LogP contribution in [0.4, 0.5) is 23.2 Å². The molecular weight excluding hydrogens is 533 g/mol. The first-order valence-electron chi connectivity index (χ1n) is 9.65. The second-order valence-electron chi connectivity index (χ2n) is 7.18. The Morgan fingerprint density at radius 3 is 2.46 bits per heavy atom. The minimum absolute atomic E-state index is 0.0458. The molecule has 0 saturated carbocycles. The zero-order valence-corrected chi connectivity index (χ0v) is 19.6. The normalized spacial score (nSPS) is 12.1. The molecule has 0 radical (unpaired) electrons. The van der Waals surface area contributed by atoms with Gasteiger partial charge in [0.2, 0.25) is 5.82 Å². The van der Waals surface area contributed by atoms with Crippen molar-refractivity contribution in [2.24, 2.45) is 0 Å². The van der Waals surface area contributed by atoms with Crippen molar-refractivity contribution in [3.05, 3.63) is 87.7 Å². The van der Waals surface area contributed by atoms with Crippen molar-refractivity contribution < 1.29 is 26.0 Å². The molecule has 1 N–H and O–H groups in total. The molecule has 0 amide bonds. The van der Waals surface area contributed by atoms with Crippen LogP contribution in [0.1, 0.15) is 11.1 Å². The molecule has 1 heterocycles. The largest absolute Gasteiger partial charge is 0.416 e. The number of tetrazole rings is 1. The van der Waals surface area contributed by atoms with Crippen LogP contribution >= 0.6 is 23.2 Å². The van der Waals surface area contributed by atoms with Crippen LogP contribution in [0.5, 0.6) is 0 Å². The molecule has 0 saturated heterocycles. The molecule has 0 aliphatic rings. The quantitative estimate of drug-likeness (QED) is 0.316. The van der Waals surface area contributed by atoms with Crippen LogP contribution in [-0.4, -0.2) is 28.6 Å². The number of hydrogen-bond donors (Lipinski definition) is 1. The van der Waals surface area contributed by atoms with Gasteiger partial charge in [-0.3, -0.25) is 4.72 Å². The summed E-state index contributed by atoms with van der Waals surface area (Å²) >= 11 is 11.9. The van der Waals surface area contributed by atoms with Gasteiger partial charge in [-0.1, -0.05) is 47.5 Å². The monoisotopic (exact) mass is 545 g/mol. The molecule has 0 atom stereocenters. The number of alkyl halides is 3. The lowest BCUT2D eigenvalue weighted by Gasteiger charge is -2.16. The molecular formula is C21H13Cl2F4N5O2S. The number of hydrogen-bond acceptors (Lipinski definition) is 5. The maximum absolute atomic E-state index is 13.5. The summed E-state index contributed by atoms with van der Waals surface area (Å²) in [7, 11) is -4.43. The molecule has 182 valence electrons. The van der Waals surface area contributed by atoms with E-state index in [2.05, 4.69) is 20.1 Å². The maximum atomic E-state index is 13.5. The Morgan fingerprint density at radius 1 is 1.00 bits per heavy atom. The number of halogens is 6. The highest BCUT2D eigenvalue weighted by Crippen LogP contribution is 2.35. The van der Waals surface area contributed by atoms with Crippen molar-refractivity contribution in [2.75, 3.05) is 4.72 Å². The molecule has 4 aromatic rings. The second-order valence-corrected chi connectivity index (χ2v) is 9.62. The first-order chi connectivity index (χ1) is 16.4. The van der Waals surface area contributed by atoms with Crippen LogP contribution in [0.15, 0.2) is 65.6 Å². The summed E-state index contributed by atoms with van der Waals surface area (Å²) in [6.07, 6.45) is -4.73. The Kier molecular flexibility index (Phi) is 6.71. The van der Waals surface area contributed by atoms with Gasteiger partial charge in [0.25, 0.3) is 10.0 Å². The van der Waals surface area contributed by atoms with Crippen LogP contribution in [0.25, 0.3) is 11.4 Å². The molecule has 0 aliphatic carbocycles. The zero-order chi connectivity index (χ0) is 25.4. The summed E-state index contributed by atoms with van der Waals surface area (Å²) in [6.45, 7) is -0.248. The molecule has 0 fully saturated rings. The van der Waals surface area contributed by atoms with E-state index in [1.54, 1.807) is 6.07 Å². The SMILES string of the molecule is O=S(=O)(Nc1cc(C(F)(F)F)ccc1Cn1nnc(-c2cccc(F)c2)n1)c1cccc(Cl)c1Cl. The number of sulfonamides is 1. The first-order valence-corrected chi connectivity index (χ1v) is 11.9. The third-order valence-electron chi connectivity index (χ3n) is 4.73. The fraction of sp³-hybridized carbons (Fsp3) is 0.0952. The summed E-state index contributed by atoms with van der Waals surface area (Å²) in [6, 6.07) is 11.8. The van der Waals surface area contributed by atoms with E-state index in [1.807, 2.05) is 0 Å². The van der Waals surface area contributed by atoms with Crippen LogP contribution in [-0.2, 0) is 22.7 Å². The average Bonchev–Trinajstić information content (AvgIpc) is 3.24. The van der Waals surface area contributed by atoms with Crippen LogP contribution < -0.4 is 4.72 Å². The van der Waals surface area contributed by atoms with Crippen molar-refractivity contribution in [1.29, 1.82) is 0 Å². The number of aromatic nitrogens is 4. The van der Waals surface area contributed by atoms with Crippen LogP contribution in [0, 0.1) is 5.82 Å². The Hall–Kier alpha value is -3.22. The number of nitrogens with one attached hydrogen (secondary N) is 1. The molecule has 7 nitrogen and oxygen atoms in total. The van der Waals surface area contributed by atoms with Crippen LogP contribution in [0.3, 0.4) is 0 Å². The Labute approximate surface area is 206 Å². The molecule has 14 heteroatoms. The van der Waals surface area contributed by atoms with E-state index in [-0.39, 0.29) is 33.7 Å². The van der Waals surface area contributed by atoms with Gasteiger partial charge in [0.05, 0.1) is 27.8 Å². The lowest BCUT2D eigenvalue weighted by atomic mass is 10.1. The minimum atomic E-state index is -4.73. The first kappa shape index (κ1) is 24.9. The van der Waals surface area contributed by atoms with Gasteiger partial charge in [0.15, 0.2) is 0 Å². The number of nitrogens with zero attached hydrogens (tertiary/aromatic N) is 4. The van der Waals surface area contributed by atoms with E-state index in [0.29, 0.717) is 11.6 Å². The smallest absolute Gasteiger partial charge is 0.279 e. The minimum Gasteiger partial charge on any atom is -0.279 e. The molecule has 0 bridgehead atoms. The van der Waals surface area contributed by atoms with E-state index in [0.717, 1.165) is 23.0 Å². The van der Waals surface area contributed by atoms with Crippen molar-refractivity contribution >= 4 is 38.9 Å². The Bertz CT molecular complexity index is 1510. The van der Waals surface area contributed by atoms with E-state index < -0.39 is 32.5 Å². The van der Waals surface area contributed by atoms with E-state index in [9.17, 15) is 26.0 Å². The lowest BCUT2D eigenvalue weighted by Crippen LogP contribution is -2.17. The van der Waals surface area contributed by atoms with Gasteiger partial charge in [-0.25, -0.2) is 12.8 Å². The number of rotatable bonds is 6. The Balaban J connectivity index is 1.71. The van der Waals surface area contributed by atoms with Gasteiger partial charge in [-0.15, -0.1) is 10.2 Å². The highest BCUT2D eigenvalue weighted by atomic mass is 35.5. The topological polar surface area (TPSA) is 89.8 Å². The summed E-state index contributed by atoms with van der Waals surface area (Å²) in [4.78, 5) is 0.620. The summed E-state index contributed by atoms with van der Waals surface area (Å²) in [5.74, 6) is -0.442. The number of anilines is 1. The van der Waals surface area contributed by atoms with Gasteiger partial charge in [0, 0.05) is 5.56 Å². The van der Waals surface area contributed by atoms with E-state index in [4.69, 9.17) is 23.2 Å². The molecule has 3 aromatic carbocycles. The molecule has 1 aromatic heterocycles. The van der Waals surface area contributed by atoms with Crippen molar-refractivity contribution in [3.63, 3.8) is 0 Å². The van der Waals surface area contributed by atoms with Crippen molar-refractivity contribution in [2.45, 2.75) is 17.6 Å². The predicted molar refractivity (Wildman–Crippen MR) is 121 cm³/mol. The van der Waals surface area contributed by atoms with Gasteiger partial charge in [-0.05, 0) is 47.2 Å². The summed E-state index contributed by atoms with van der Waals surface area (Å²) < 4.78 is 81.5. The summed E-state index contributed by atoms with van der Waals surface area (Å²) in [5, 5.41) is 11.4. The standard InChI is InChI=1S/C21H13Cl2F4N5O2S/c22-16-5-2-6-18(19(16)23)35(33,34)30-17-10-14(21(25,26)27)8-7-13(17)11-32-29-20(28-31-32)12-3-1-4-15(24)9-12/h1-10,30H,11H2. The average molecular weight is 546 g/mol. The zero-order valence-electron chi connectivity index (χ0n) is 17.3. The fourth-order valence-electron chi connectivity index (χ4n) is 3.08. The third kappa shape index (κ3) is 5.55. The fourth-order valence-corrected chi connectivity index (χ4v) is 4.94. The van der Waals surface area contributed by atoms with Gasteiger partial charge < -0.3 is 0 Å². The van der Waals surface area contributed by atoms with Crippen molar-refractivity contribution in [3.8, 4) is 11.4 Å². The summed E-state index contributed by atoms with van der Waals surface area (Å²) in [5.41, 5.74) is -1.02.